The van der Waals surface area contributed by atoms with Crippen molar-refractivity contribution in [2.75, 3.05) is 18.5 Å². The molecule has 0 atom stereocenters. The molecule has 14 heavy (non-hydrogen) atoms. The van der Waals surface area contributed by atoms with Gasteiger partial charge in [-0.3, -0.25) is 0 Å². The number of hydrogen-bond acceptors (Lipinski definition) is 2. The van der Waals surface area contributed by atoms with Gasteiger partial charge in [0.2, 0.25) is 0 Å². The van der Waals surface area contributed by atoms with E-state index in [-0.39, 0.29) is 6.61 Å². The molecule has 2 nitrogen and oxygen atoms in total. The van der Waals surface area contributed by atoms with Crippen LogP contribution in [0.2, 0.25) is 5.02 Å². The first-order valence-electron chi connectivity index (χ1n) is 4.40. The molecule has 3 heteroatoms. The van der Waals surface area contributed by atoms with E-state index in [1.165, 1.54) is 0 Å². The van der Waals surface area contributed by atoms with E-state index in [4.69, 9.17) is 16.7 Å². The van der Waals surface area contributed by atoms with Gasteiger partial charge < -0.3 is 10.0 Å². The molecule has 1 aromatic carbocycles. The van der Waals surface area contributed by atoms with Gasteiger partial charge in [0.05, 0.1) is 6.61 Å². The van der Waals surface area contributed by atoms with Gasteiger partial charge in [-0.15, -0.1) is 6.58 Å². The lowest BCUT2D eigenvalue weighted by molar-refractivity contribution is 0.282. The van der Waals surface area contributed by atoms with Gasteiger partial charge in [-0.2, -0.15) is 0 Å². The van der Waals surface area contributed by atoms with Gasteiger partial charge in [0.25, 0.3) is 0 Å². The fourth-order valence-corrected chi connectivity index (χ4v) is 1.44. The highest BCUT2D eigenvalue weighted by Gasteiger charge is 2.03. The van der Waals surface area contributed by atoms with Crippen LogP contribution in [0.3, 0.4) is 0 Å². The van der Waals surface area contributed by atoms with Crippen molar-refractivity contribution < 1.29 is 5.11 Å². The summed E-state index contributed by atoms with van der Waals surface area (Å²) in [7, 11) is 1.96. The quantitative estimate of drug-likeness (QED) is 0.774. The van der Waals surface area contributed by atoms with Gasteiger partial charge in [0, 0.05) is 24.3 Å². The topological polar surface area (TPSA) is 23.5 Å². The molecule has 0 radical (unpaired) electrons. The van der Waals surface area contributed by atoms with Crippen molar-refractivity contribution in [2.24, 2.45) is 0 Å². The van der Waals surface area contributed by atoms with E-state index in [1.54, 1.807) is 0 Å². The first kappa shape index (κ1) is 11.1. The standard InChI is InChI=1S/C11H14ClNO/c1-3-6-13(2)10-5-4-9(8-14)11(12)7-10/h3-5,7,14H,1,6,8H2,2H3. The number of halogens is 1. The SMILES string of the molecule is C=CCN(C)c1ccc(CO)c(Cl)c1. The van der Waals surface area contributed by atoms with E-state index in [1.807, 2.05) is 36.2 Å². The third-order valence-electron chi connectivity index (χ3n) is 2.05. The molecule has 0 saturated heterocycles. The number of nitrogens with zero attached hydrogens (tertiary/aromatic N) is 1. The molecule has 76 valence electrons. The molecule has 1 aromatic rings. The molecule has 0 bridgehead atoms. The number of rotatable bonds is 4. The third-order valence-corrected chi connectivity index (χ3v) is 2.40. The fourth-order valence-electron chi connectivity index (χ4n) is 1.20. The van der Waals surface area contributed by atoms with E-state index in [0.29, 0.717) is 5.02 Å². The first-order valence-corrected chi connectivity index (χ1v) is 4.78. The molecule has 0 aliphatic carbocycles. The Labute approximate surface area is 89.4 Å². The minimum atomic E-state index is -0.0235. The number of hydrogen-bond donors (Lipinski definition) is 1. The molecule has 0 aliphatic rings. The van der Waals surface area contributed by atoms with Gasteiger partial charge in [0.15, 0.2) is 0 Å². The smallest absolute Gasteiger partial charge is 0.0696 e. The molecule has 0 aromatic heterocycles. The Kier molecular flexibility index (Phi) is 3.98. The predicted molar refractivity (Wildman–Crippen MR) is 60.8 cm³/mol. The molecular formula is C11H14ClNO. The number of aliphatic hydroxyl groups excluding tert-OH is 1. The maximum Gasteiger partial charge on any atom is 0.0696 e. The van der Waals surface area contributed by atoms with Gasteiger partial charge in [-0.1, -0.05) is 23.7 Å². The van der Waals surface area contributed by atoms with E-state index in [0.717, 1.165) is 17.8 Å². The van der Waals surface area contributed by atoms with E-state index in [9.17, 15) is 0 Å². The molecular weight excluding hydrogens is 198 g/mol. The van der Waals surface area contributed by atoms with E-state index >= 15 is 0 Å². The van der Waals surface area contributed by atoms with Crippen LogP contribution in [-0.2, 0) is 6.61 Å². The van der Waals surface area contributed by atoms with Crippen LogP contribution in [0.25, 0.3) is 0 Å². The molecule has 0 amide bonds. The highest BCUT2D eigenvalue weighted by molar-refractivity contribution is 6.31. The Morgan fingerprint density at radius 1 is 1.57 bits per heavy atom. The third kappa shape index (κ3) is 2.50. The summed E-state index contributed by atoms with van der Waals surface area (Å²) in [5.41, 5.74) is 1.77. The van der Waals surface area contributed by atoms with Crippen molar-refractivity contribution in [2.45, 2.75) is 6.61 Å². The molecule has 1 rings (SSSR count). The Morgan fingerprint density at radius 2 is 2.29 bits per heavy atom. The maximum absolute atomic E-state index is 8.94. The monoisotopic (exact) mass is 211 g/mol. The molecule has 1 N–H and O–H groups in total. The predicted octanol–water partition coefficient (Wildman–Crippen LogP) is 2.45. The molecule has 0 unspecified atom stereocenters. The average Bonchev–Trinajstić information content (AvgIpc) is 2.18. The average molecular weight is 212 g/mol. The zero-order valence-corrected chi connectivity index (χ0v) is 8.96. The second-order valence-corrected chi connectivity index (χ2v) is 3.51. The second kappa shape index (κ2) is 5.03. The molecule has 0 saturated carbocycles. The minimum absolute atomic E-state index is 0.0235. The van der Waals surface area contributed by atoms with Gasteiger partial charge in [0.1, 0.15) is 0 Å². The van der Waals surface area contributed by atoms with Gasteiger partial charge in [-0.05, 0) is 17.7 Å². The summed E-state index contributed by atoms with van der Waals surface area (Å²) in [5, 5.41) is 9.54. The van der Waals surface area contributed by atoms with Crippen LogP contribution in [0.1, 0.15) is 5.56 Å². The summed E-state index contributed by atoms with van der Waals surface area (Å²) < 4.78 is 0. The largest absolute Gasteiger partial charge is 0.392 e. The maximum atomic E-state index is 8.94. The summed E-state index contributed by atoms with van der Waals surface area (Å²) in [6.45, 7) is 4.42. The van der Waals surface area contributed by atoms with Crippen LogP contribution in [0.5, 0.6) is 0 Å². The van der Waals surface area contributed by atoms with Crippen molar-refractivity contribution >= 4 is 17.3 Å². The van der Waals surface area contributed by atoms with Crippen molar-refractivity contribution in [3.05, 3.63) is 41.4 Å². The summed E-state index contributed by atoms with van der Waals surface area (Å²) in [6.07, 6.45) is 1.83. The van der Waals surface area contributed by atoms with E-state index < -0.39 is 0 Å². The Balaban J connectivity index is 2.90. The number of benzene rings is 1. The Bertz CT molecular complexity index is 325. The molecule has 0 fully saturated rings. The zero-order chi connectivity index (χ0) is 10.6. The lowest BCUT2D eigenvalue weighted by atomic mass is 10.2. The van der Waals surface area contributed by atoms with Crippen molar-refractivity contribution in [1.82, 2.24) is 0 Å². The lowest BCUT2D eigenvalue weighted by Gasteiger charge is -2.17. The van der Waals surface area contributed by atoms with Crippen LogP contribution in [-0.4, -0.2) is 18.7 Å². The van der Waals surface area contributed by atoms with Crippen molar-refractivity contribution in [3.8, 4) is 0 Å². The number of anilines is 1. The summed E-state index contributed by atoms with van der Waals surface area (Å²) in [4.78, 5) is 2.03. The zero-order valence-electron chi connectivity index (χ0n) is 8.20. The number of aliphatic hydroxyl groups is 1. The van der Waals surface area contributed by atoms with Crippen LogP contribution in [0, 0.1) is 0 Å². The number of likely N-dealkylation sites (N-methyl/N-ethyl adjacent to an activating group) is 1. The molecule has 0 spiro atoms. The van der Waals surface area contributed by atoms with Crippen LogP contribution in [0.4, 0.5) is 5.69 Å². The van der Waals surface area contributed by atoms with Gasteiger partial charge >= 0.3 is 0 Å². The summed E-state index contributed by atoms with van der Waals surface area (Å²) in [5.74, 6) is 0. The molecule has 0 aliphatic heterocycles. The summed E-state index contributed by atoms with van der Waals surface area (Å²) >= 11 is 5.96. The minimum Gasteiger partial charge on any atom is -0.392 e. The summed E-state index contributed by atoms with van der Waals surface area (Å²) in [6, 6.07) is 5.61. The van der Waals surface area contributed by atoms with Crippen LogP contribution < -0.4 is 4.90 Å². The van der Waals surface area contributed by atoms with Crippen molar-refractivity contribution in [3.63, 3.8) is 0 Å². The highest BCUT2D eigenvalue weighted by Crippen LogP contribution is 2.22. The van der Waals surface area contributed by atoms with Gasteiger partial charge in [-0.25, -0.2) is 0 Å². The van der Waals surface area contributed by atoms with E-state index in [2.05, 4.69) is 6.58 Å². The fraction of sp³-hybridized carbons (Fsp3) is 0.273. The Morgan fingerprint density at radius 3 is 2.79 bits per heavy atom. The van der Waals surface area contributed by atoms with Crippen LogP contribution >= 0.6 is 11.6 Å². The normalized spacial score (nSPS) is 9.93. The second-order valence-electron chi connectivity index (χ2n) is 3.10. The van der Waals surface area contributed by atoms with Crippen molar-refractivity contribution in [1.29, 1.82) is 0 Å². The highest BCUT2D eigenvalue weighted by atomic mass is 35.5. The van der Waals surface area contributed by atoms with Crippen LogP contribution in [0.15, 0.2) is 30.9 Å². The Hall–Kier alpha value is -0.990. The first-order chi connectivity index (χ1) is 6.69. The molecule has 0 heterocycles. The lowest BCUT2D eigenvalue weighted by Crippen LogP contribution is -2.16.